The number of carbonyl (C=O) groups is 2. The summed E-state index contributed by atoms with van der Waals surface area (Å²) in [5.74, 6) is -0.0499. The van der Waals surface area contributed by atoms with E-state index in [0.29, 0.717) is 19.4 Å². The standard InChI is InChI=1S/C73H141NO5/c1-3-5-7-9-11-13-15-16-17-18-19-33-36-39-42-46-49-53-57-61-65-71(76)70(69-75)74-72(77)66-62-58-54-50-47-43-40-37-34-31-29-27-25-23-21-20-22-24-26-28-30-32-35-38-41-44-48-52-56-60-64-68-79-73(78)67-63-59-55-51-45-14-12-10-8-6-4-2/h10,12,61,65,70-71,75-76H,3-9,11,13-60,62-64,66-69H2,1-2H3,(H,74,77)/b12-10-,65-61+. The molecule has 1 amide bonds. The Hall–Kier alpha value is -1.66. The molecule has 0 spiro atoms. The van der Waals surface area contributed by atoms with E-state index >= 15 is 0 Å². The van der Waals surface area contributed by atoms with E-state index in [2.05, 4.69) is 31.3 Å². The first-order chi connectivity index (χ1) is 39.0. The topological polar surface area (TPSA) is 95.9 Å². The number of esters is 1. The predicted molar refractivity (Wildman–Crippen MR) is 347 cm³/mol. The molecule has 0 aliphatic carbocycles. The number of hydrogen-bond donors (Lipinski definition) is 3. The minimum Gasteiger partial charge on any atom is -0.466 e. The van der Waals surface area contributed by atoms with Gasteiger partial charge in [-0.05, 0) is 51.4 Å². The number of amides is 1. The van der Waals surface area contributed by atoms with Gasteiger partial charge in [-0.25, -0.2) is 0 Å². The van der Waals surface area contributed by atoms with E-state index in [-0.39, 0.29) is 18.5 Å². The molecule has 0 aromatic rings. The molecule has 468 valence electrons. The summed E-state index contributed by atoms with van der Waals surface area (Å²) in [5, 5.41) is 23.3. The van der Waals surface area contributed by atoms with Gasteiger partial charge in [-0.2, -0.15) is 0 Å². The molecule has 0 saturated heterocycles. The van der Waals surface area contributed by atoms with Crippen LogP contribution in [0.5, 0.6) is 0 Å². The quantitative estimate of drug-likeness (QED) is 0.0320. The maximum Gasteiger partial charge on any atom is 0.305 e. The summed E-state index contributed by atoms with van der Waals surface area (Å²) in [4.78, 5) is 24.5. The van der Waals surface area contributed by atoms with Crippen molar-refractivity contribution in [2.45, 2.75) is 418 Å². The lowest BCUT2D eigenvalue weighted by Crippen LogP contribution is -2.45. The molecule has 0 rings (SSSR count). The molecule has 0 aromatic carbocycles. The third-order valence-electron chi connectivity index (χ3n) is 17.0. The average Bonchev–Trinajstić information content (AvgIpc) is 3.45. The molecular weight excluding hydrogens is 971 g/mol. The van der Waals surface area contributed by atoms with Gasteiger partial charge in [-0.15, -0.1) is 0 Å². The lowest BCUT2D eigenvalue weighted by atomic mass is 10.0. The summed E-state index contributed by atoms with van der Waals surface area (Å²) in [6.07, 6.45) is 87.0. The van der Waals surface area contributed by atoms with Crippen LogP contribution in [0.15, 0.2) is 24.3 Å². The van der Waals surface area contributed by atoms with Crippen molar-refractivity contribution in [3.8, 4) is 0 Å². The number of nitrogens with one attached hydrogen (secondary N) is 1. The minimum absolute atomic E-state index is 0.00981. The normalized spacial score (nSPS) is 12.6. The second kappa shape index (κ2) is 68.8. The van der Waals surface area contributed by atoms with E-state index in [1.54, 1.807) is 6.08 Å². The first-order valence-electron chi connectivity index (χ1n) is 36.1. The van der Waals surface area contributed by atoms with Crippen LogP contribution in [0, 0.1) is 0 Å². The molecule has 6 heteroatoms. The SMILES string of the molecule is CCCC/C=C\CCCCCCCC(=O)OCCCCCCCCCCCCCCCCCCCCCCCCCCCCCCCCCC(=O)NC(CO)C(O)/C=C/CCCCCCCCCCCCCCCCCCCC. The third-order valence-corrected chi connectivity index (χ3v) is 17.0. The van der Waals surface area contributed by atoms with Gasteiger partial charge in [0.15, 0.2) is 0 Å². The molecule has 2 atom stereocenters. The first-order valence-corrected chi connectivity index (χ1v) is 36.1. The fourth-order valence-electron chi connectivity index (χ4n) is 11.4. The zero-order valence-corrected chi connectivity index (χ0v) is 53.6. The number of allylic oxidation sites excluding steroid dienone is 3. The van der Waals surface area contributed by atoms with E-state index in [9.17, 15) is 19.8 Å². The van der Waals surface area contributed by atoms with Crippen LogP contribution in [0.4, 0.5) is 0 Å². The second-order valence-electron chi connectivity index (χ2n) is 24.9. The number of rotatable bonds is 68. The van der Waals surface area contributed by atoms with E-state index in [0.717, 1.165) is 44.9 Å². The number of ether oxygens (including phenoxy) is 1. The summed E-state index contributed by atoms with van der Waals surface area (Å²) in [7, 11) is 0. The monoisotopic (exact) mass is 1110 g/mol. The summed E-state index contributed by atoms with van der Waals surface area (Å²) in [6.45, 7) is 4.91. The van der Waals surface area contributed by atoms with Gasteiger partial charge in [0.1, 0.15) is 0 Å². The lowest BCUT2D eigenvalue weighted by molar-refractivity contribution is -0.143. The van der Waals surface area contributed by atoms with Crippen LogP contribution in [0.2, 0.25) is 0 Å². The predicted octanol–water partition coefficient (Wildman–Crippen LogP) is 23.3. The van der Waals surface area contributed by atoms with Gasteiger partial charge < -0.3 is 20.3 Å². The second-order valence-corrected chi connectivity index (χ2v) is 24.9. The summed E-state index contributed by atoms with van der Waals surface area (Å²) in [6, 6.07) is -0.625. The lowest BCUT2D eigenvalue weighted by Gasteiger charge is -2.20. The Morgan fingerprint density at radius 2 is 0.608 bits per heavy atom. The zero-order valence-electron chi connectivity index (χ0n) is 53.6. The van der Waals surface area contributed by atoms with Gasteiger partial charge in [0.2, 0.25) is 5.91 Å². The van der Waals surface area contributed by atoms with Crippen molar-refractivity contribution in [3.63, 3.8) is 0 Å². The summed E-state index contributed by atoms with van der Waals surface area (Å²) < 4.78 is 5.47. The fourth-order valence-corrected chi connectivity index (χ4v) is 11.4. The van der Waals surface area contributed by atoms with Crippen molar-refractivity contribution in [3.05, 3.63) is 24.3 Å². The fraction of sp³-hybridized carbons (Fsp3) is 0.918. The van der Waals surface area contributed by atoms with Crippen molar-refractivity contribution in [2.75, 3.05) is 13.2 Å². The number of aliphatic hydroxyl groups is 2. The van der Waals surface area contributed by atoms with Crippen molar-refractivity contribution >= 4 is 11.9 Å². The van der Waals surface area contributed by atoms with E-state index in [1.807, 2.05) is 6.08 Å². The number of hydrogen-bond acceptors (Lipinski definition) is 5. The Morgan fingerprint density at radius 3 is 0.937 bits per heavy atom. The summed E-state index contributed by atoms with van der Waals surface area (Å²) in [5.41, 5.74) is 0. The Kier molecular flexibility index (Phi) is 67.4. The highest BCUT2D eigenvalue weighted by atomic mass is 16.5. The van der Waals surface area contributed by atoms with Crippen LogP contribution in [0.25, 0.3) is 0 Å². The average molecular weight is 1110 g/mol. The summed E-state index contributed by atoms with van der Waals surface area (Å²) >= 11 is 0. The highest BCUT2D eigenvalue weighted by Crippen LogP contribution is 2.19. The van der Waals surface area contributed by atoms with Gasteiger partial charge in [0, 0.05) is 12.8 Å². The molecule has 6 nitrogen and oxygen atoms in total. The Bertz CT molecular complexity index is 1230. The molecule has 0 radical (unpaired) electrons. The molecule has 79 heavy (non-hydrogen) atoms. The molecule has 3 N–H and O–H groups in total. The van der Waals surface area contributed by atoms with Crippen LogP contribution >= 0.6 is 0 Å². The molecular formula is C73H141NO5. The van der Waals surface area contributed by atoms with Crippen LogP contribution in [-0.2, 0) is 14.3 Å². The molecule has 0 fully saturated rings. The largest absolute Gasteiger partial charge is 0.466 e. The zero-order chi connectivity index (χ0) is 57.1. The van der Waals surface area contributed by atoms with Gasteiger partial charge in [0.05, 0.1) is 25.4 Å². The van der Waals surface area contributed by atoms with Crippen LogP contribution in [-0.4, -0.2) is 47.4 Å². The highest BCUT2D eigenvalue weighted by molar-refractivity contribution is 5.76. The third kappa shape index (κ3) is 65.4. The Balaban J connectivity index is 3.36. The molecule has 0 aromatic heterocycles. The van der Waals surface area contributed by atoms with Crippen LogP contribution in [0.3, 0.4) is 0 Å². The smallest absolute Gasteiger partial charge is 0.305 e. The van der Waals surface area contributed by atoms with Gasteiger partial charge in [0.25, 0.3) is 0 Å². The maximum absolute atomic E-state index is 12.5. The van der Waals surface area contributed by atoms with E-state index in [1.165, 1.54) is 334 Å². The van der Waals surface area contributed by atoms with Crippen LogP contribution < -0.4 is 5.32 Å². The molecule has 0 aliphatic heterocycles. The number of unbranched alkanes of at least 4 members (excludes halogenated alkanes) is 55. The van der Waals surface area contributed by atoms with Gasteiger partial charge in [-0.3, -0.25) is 9.59 Å². The van der Waals surface area contributed by atoms with Crippen molar-refractivity contribution in [1.82, 2.24) is 5.32 Å². The van der Waals surface area contributed by atoms with E-state index < -0.39 is 12.1 Å². The maximum atomic E-state index is 12.5. The highest BCUT2D eigenvalue weighted by Gasteiger charge is 2.18. The Labute approximate surface area is 494 Å². The van der Waals surface area contributed by atoms with E-state index in [4.69, 9.17) is 4.74 Å². The van der Waals surface area contributed by atoms with Crippen molar-refractivity contribution in [2.24, 2.45) is 0 Å². The minimum atomic E-state index is -0.842. The van der Waals surface area contributed by atoms with Gasteiger partial charge >= 0.3 is 5.97 Å². The van der Waals surface area contributed by atoms with Crippen molar-refractivity contribution < 1.29 is 24.5 Å². The molecule has 0 aliphatic rings. The molecule has 0 bridgehead atoms. The number of aliphatic hydroxyl groups excluding tert-OH is 2. The van der Waals surface area contributed by atoms with Crippen LogP contribution in [0.1, 0.15) is 406 Å². The first kappa shape index (κ1) is 77.3. The van der Waals surface area contributed by atoms with Gasteiger partial charge in [-0.1, -0.05) is 366 Å². The molecule has 0 saturated carbocycles. The number of carbonyl (C=O) groups excluding carboxylic acids is 2. The molecule has 2 unspecified atom stereocenters. The Morgan fingerprint density at radius 1 is 0.342 bits per heavy atom. The molecule has 0 heterocycles. The van der Waals surface area contributed by atoms with Crippen molar-refractivity contribution in [1.29, 1.82) is 0 Å².